The van der Waals surface area contributed by atoms with Crippen molar-refractivity contribution in [1.29, 1.82) is 0 Å². The number of carbonyl (C=O) groups excluding carboxylic acids is 2. The summed E-state index contributed by atoms with van der Waals surface area (Å²) in [6.45, 7) is 15.1. The van der Waals surface area contributed by atoms with E-state index in [1.807, 2.05) is 64.1 Å². The number of aryl methyl sites for hydroxylation is 2. The number of ether oxygens (including phenoxy) is 2. The van der Waals surface area contributed by atoms with Gasteiger partial charge >= 0.3 is 11.9 Å². The molecular formula is C35H30O4. The average molecular weight is 515 g/mol. The van der Waals surface area contributed by atoms with Crippen molar-refractivity contribution in [3.63, 3.8) is 0 Å². The van der Waals surface area contributed by atoms with E-state index >= 15 is 0 Å². The third-order valence-corrected chi connectivity index (χ3v) is 7.52. The maximum Gasteiger partial charge on any atom is 0.335 e. The Kier molecular flexibility index (Phi) is 6.57. The molecule has 4 heteroatoms. The lowest BCUT2D eigenvalue weighted by Gasteiger charge is -2.37. The minimum absolute atomic E-state index is 0.486. The van der Waals surface area contributed by atoms with Gasteiger partial charge in [0, 0.05) is 12.2 Å². The Bertz CT molecular complexity index is 1550. The first kappa shape index (κ1) is 25.9. The molecule has 4 aromatic rings. The molecule has 39 heavy (non-hydrogen) atoms. The first-order chi connectivity index (χ1) is 18.7. The minimum Gasteiger partial charge on any atom is -0.423 e. The number of hydrogen-bond donors (Lipinski definition) is 0. The number of hydrogen-bond acceptors (Lipinski definition) is 4. The summed E-state index contributed by atoms with van der Waals surface area (Å²) in [6.07, 6.45) is 2.34. The van der Waals surface area contributed by atoms with Gasteiger partial charge in [0.25, 0.3) is 0 Å². The second kappa shape index (κ2) is 9.88. The number of esters is 2. The topological polar surface area (TPSA) is 52.6 Å². The van der Waals surface area contributed by atoms with Gasteiger partial charge in [0.2, 0.25) is 0 Å². The number of benzene rings is 4. The van der Waals surface area contributed by atoms with E-state index in [-0.39, 0.29) is 0 Å². The van der Waals surface area contributed by atoms with Crippen LogP contribution >= 0.6 is 0 Å². The van der Waals surface area contributed by atoms with E-state index in [2.05, 4.69) is 49.6 Å². The van der Waals surface area contributed by atoms with Gasteiger partial charge in [0.1, 0.15) is 11.5 Å². The van der Waals surface area contributed by atoms with Crippen molar-refractivity contribution in [1.82, 2.24) is 0 Å². The molecule has 0 radical (unpaired) electrons. The molecule has 0 heterocycles. The molecule has 194 valence electrons. The molecular weight excluding hydrogens is 484 g/mol. The molecule has 1 aliphatic carbocycles. The largest absolute Gasteiger partial charge is 0.423 e. The molecule has 0 atom stereocenters. The molecule has 0 saturated carbocycles. The van der Waals surface area contributed by atoms with Gasteiger partial charge in [0.15, 0.2) is 0 Å². The molecule has 5 rings (SSSR count). The highest BCUT2D eigenvalue weighted by atomic mass is 16.5. The van der Waals surface area contributed by atoms with Gasteiger partial charge in [-0.25, -0.2) is 9.59 Å². The molecule has 1 aliphatic rings. The summed E-state index contributed by atoms with van der Waals surface area (Å²) in [5.74, 6) is -0.0536. The van der Waals surface area contributed by atoms with Crippen LogP contribution in [-0.2, 0) is 15.0 Å². The first-order valence-corrected chi connectivity index (χ1v) is 12.8. The van der Waals surface area contributed by atoms with Crippen LogP contribution < -0.4 is 9.47 Å². The molecule has 0 aromatic heterocycles. The van der Waals surface area contributed by atoms with E-state index < -0.39 is 17.4 Å². The predicted octanol–water partition coefficient (Wildman–Crippen LogP) is 7.47. The van der Waals surface area contributed by atoms with Crippen LogP contribution in [0.3, 0.4) is 0 Å². The average Bonchev–Trinajstić information content (AvgIpc) is 3.23. The summed E-state index contributed by atoms with van der Waals surface area (Å²) in [6, 6.07) is 24.9. The van der Waals surface area contributed by atoms with Gasteiger partial charge in [0.05, 0.1) is 5.41 Å². The summed E-state index contributed by atoms with van der Waals surface area (Å²) >= 11 is 0. The second-order valence-electron chi connectivity index (χ2n) is 9.96. The van der Waals surface area contributed by atoms with Crippen LogP contribution in [0.1, 0.15) is 44.5 Å². The van der Waals surface area contributed by atoms with Crippen molar-refractivity contribution >= 4 is 11.9 Å². The second-order valence-corrected chi connectivity index (χ2v) is 9.96. The van der Waals surface area contributed by atoms with Crippen molar-refractivity contribution in [3.8, 4) is 22.6 Å². The van der Waals surface area contributed by atoms with Crippen LogP contribution in [0, 0.1) is 27.7 Å². The van der Waals surface area contributed by atoms with Crippen molar-refractivity contribution in [2.75, 3.05) is 0 Å². The lowest BCUT2D eigenvalue weighted by atomic mass is 9.64. The predicted molar refractivity (Wildman–Crippen MR) is 154 cm³/mol. The van der Waals surface area contributed by atoms with Crippen LogP contribution in [0.25, 0.3) is 11.1 Å². The molecule has 0 unspecified atom stereocenters. The maximum atomic E-state index is 12.3. The van der Waals surface area contributed by atoms with E-state index in [0.717, 1.165) is 55.6 Å². The Morgan fingerprint density at radius 2 is 1.00 bits per heavy atom. The molecule has 0 bridgehead atoms. The number of rotatable bonds is 6. The van der Waals surface area contributed by atoms with Gasteiger partial charge in [-0.1, -0.05) is 73.8 Å². The third-order valence-electron chi connectivity index (χ3n) is 7.52. The van der Waals surface area contributed by atoms with Crippen molar-refractivity contribution < 1.29 is 19.1 Å². The molecule has 0 N–H and O–H groups in total. The normalized spacial score (nSPS) is 12.7. The van der Waals surface area contributed by atoms with Gasteiger partial charge in [-0.15, -0.1) is 0 Å². The Morgan fingerprint density at radius 3 is 1.38 bits per heavy atom. The van der Waals surface area contributed by atoms with Crippen LogP contribution in [0.4, 0.5) is 0 Å². The lowest BCUT2D eigenvalue weighted by Crippen LogP contribution is -2.31. The smallest absolute Gasteiger partial charge is 0.335 e. The number of fused-ring (bicyclic) bond motifs is 3. The van der Waals surface area contributed by atoms with Crippen molar-refractivity contribution in [2.24, 2.45) is 0 Å². The highest BCUT2D eigenvalue weighted by Crippen LogP contribution is 2.58. The molecule has 0 spiro atoms. The van der Waals surface area contributed by atoms with Crippen LogP contribution in [0.15, 0.2) is 98.1 Å². The SMILES string of the molecule is C=CC(=O)Oc1cc(C)cc(C2(c3cc(C)cc(OC(=O)C=C)c3C)c3ccccc3-c3ccccc32)c1C. The molecule has 0 saturated heterocycles. The van der Waals surface area contributed by atoms with E-state index in [9.17, 15) is 9.59 Å². The number of carbonyl (C=O) groups is 2. The van der Waals surface area contributed by atoms with Gasteiger partial charge in [-0.05, 0) is 95.5 Å². The zero-order valence-electron chi connectivity index (χ0n) is 22.6. The lowest BCUT2D eigenvalue weighted by molar-refractivity contribution is -0.129. The highest BCUT2D eigenvalue weighted by molar-refractivity contribution is 5.89. The van der Waals surface area contributed by atoms with Crippen LogP contribution in [-0.4, -0.2) is 11.9 Å². The van der Waals surface area contributed by atoms with E-state index in [0.29, 0.717) is 11.5 Å². The Balaban J connectivity index is 1.96. The van der Waals surface area contributed by atoms with Crippen molar-refractivity contribution in [2.45, 2.75) is 33.1 Å². The zero-order chi connectivity index (χ0) is 27.9. The van der Waals surface area contributed by atoms with Gasteiger partial charge in [-0.2, -0.15) is 0 Å². The summed E-state index contributed by atoms with van der Waals surface area (Å²) in [7, 11) is 0. The Morgan fingerprint density at radius 1 is 0.615 bits per heavy atom. The fourth-order valence-corrected chi connectivity index (χ4v) is 5.90. The Hall–Kier alpha value is -4.70. The third kappa shape index (κ3) is 4.09. The summed E-state index contributed by atoms with van der Waals surface area (Å²) < 4.78 is 11.5. The molecule has 0 aliphatic heterocycles. The van der Waals surface area contributed by atoms with E-state index in [1.54, 1.807) is 0 Å². The quantitative estimate of drug-likeness (QED) is 0.134. The summed E-state index contributed by atoms with van der Waals surface area (Å²) in [4.78, 5) is 24.6. The van der Waals surface area contributed by atoms with E-state index in [1.165, 1.54) is 12.2 Å². The van der Waals surface area contributed by atoms with Crippen LogP contribution in [0.2, 0.25) is 0 Å². The fraction of sp³-hybridized carbons (Fsp3) is 0.143. The summed E-state index contributed by atoms with van der Waals surface area (Å²) in [5, 5.41) is 0. The minimum atomic E-state index is -0.774. The highest BCUT2D eigenvalue weighted by Gasteiger charge is 2.48. The molecule has 0 fully saturated rings. The molecule has 0 amide bonds. The standard InChI is InChI=1S/C35H30O4/c1-7-33(36)38-31-19-21(3)17-29(23(31)5)35(30-18-22(4)20-32(24(30)6)39-34(37)8-2)27-15-11-9-13-25(27)26-14-10-12-16-28(26)35/h7-20H,1-2H2,3-6H3. The van der Waals surface area contributed by atoms with Crippen molar-refractivity contribution in [3.05, 3.63) is 143 Å². The fourth-order valence-electron chi connectivity index (χ4n) is 5.90. The Labute approximate surface area is 229 Å². The monoisotopic (exact) mass is 514 g/mol. The maximum absolute atomic E-state index is 12.3. The first-order valence-electron chi connectivity index (χ1n) is 12.8. The molecule has 4 nitrogen and oxygen atoms in total. The zero-order valence-corrected chi connectivity index (χ0v) is 22.6. The van der Waals surface area contributed by atoms with Gasteiger partial charge < -0.3 is 9.47 Å². The summed E-state index contributed by atoms with van der Waals surface area (Å²) in [5.41, 5.74) is 9.26. The van der Waals surface area contributed by atoms with E-state index in [4.69, 9.17) is 9.47 Å². The van der Waals surface area contributed by atoms with Gasteiger partial charge in [-0.3, -0.25) is 0 Å². The molecule has 4 aromatic carbocycles. The van der Waals surface area contributed by atoms with Crippen LogP contribution in [0.5, 0.6) is 11.5 Å².